The van der Waals surface area contributed by atoms with E-state index in [1.807, 2.05) is 6.92 Å². The molecule has 16 heavy (non-hydrogen) atoms. The topological polar surface area (TPSA) is 49.3 Å². The Balaban J connectivity index is 2.23. The van der Waals surface area contributed by atoms with Crippen LogP contribution in [-0.4, -0.2) is 23.7 Å². The molecule has 0 amide bonds. The summed E-state index contributed by atoms with van der Waals surface area (Å²) >= 11 is 0. The molecule has 94 valence electrons. The number of carboxylic acids is 1. The Morgan fingerprint density at radius 2 is 2.00 bits per heavy atom. The van der Waals surface area contributed by atoms with E-state index in [4.69, 9.17) is 5.11 Å². The van der Waals surface area contributed by atoms with Crippen LogP contribution in [0.3, 0.4) is 0 Å². The van der Waals surface area contributed by atoms with E-state index in [0.717, 1.165) is 25.3 Å². The van der Waals surface area contributed by atoms with Crippen LogP contribution >= 0.6 is 0 Å². The lowest BCUT2D eigenvalue weighted by Gasteiger charge is -2.27. The predicted octanol–water partition coefficient (Wildman–Crippen LogP) is 2.66. The molecule has 0 bridgehead atoms. The van der Waals surface area contributed by atoms with Gasteiger partial charge in [-0.2, -0.15) is 0 Å². The van der Waals surface area contributed by atoms with Crippen LogP contribution in [0.2, 0.25) is 0 Å². The highest BCUT2D eigenvalue weighted by Crippen LogP contribution is 2.27. The van der Waals surface area contributed by atoms with Gasteiger partial charge in [-0.3, -0.25) is 4.79 Å². The van der Waals surface area contributed by atoms with E-state index >= 15 is 0 Å². The standard InChI is InChI=1S/C13H25NO2/c1-3-4-12(13(15)16)14-9-11-7-5-10(2)6-8-11/h10-12,14H,3-9H2,1-2H3,(H,15,16). The summed E-state index contributed by atoms with van der Waals surface area (Å²) < 4.78 is 0. The minimum absolute atomic E-state index is 0.343. The zero-order valence-corrected chi connectivity index (χ0v) is 10.5. The molecule has 1 aliphatic rings. The molecule has 1 unspecified atom stereocenters. The molecular formula is C13H25NO2. The fourth-order valence-corrected chi connectivity index (χ4v) is 2.44. The molecular weight excluding hydrogens is 202 g/mol. The first kappa shape index (κ1) is 13.5. The minimum atomic E-state index is -0.703. The predicted molar refractivity (Wildman–Crippen MR) is 65.5 cm³/mol. The zero-order chi connectivity index (χ0) is 12.0. The average molecular weight is 227 g/mol. The number of hydrogen-bond donors (Lipinski definition) is 2. The Kier molecular flexibility index (Phi) is 5.81. The molecule has 0 saturated heterocycles. The van der Waals surface area contributed by atoms with Gasteiger partial charge in [0.1, 0.15) is 6.04 Å². The number of hydrogen-bond acceptors (Lipinski definition) is 2. The van der Waals surface area contributed by atoms with E-state index < -0.39 is 5.97 Å². The molecule has 1 aliphatic carbocycles. The van der Waals surface area contributed by atoms with Gasteiger partial charge in [0, 0.05) is 0 Å². The van der Waals surface area contributed by atoms with Crippen LogP contribution in [0.1, 0.15) is 52.4 Å². The molecule has 1 saturated carbocycles. The van der Waals surface area contributed by atoms with Crippen LogP contribution in [0, 0.1) is 11.8 Å². The van der Waals surface area contributed by atoms with Gasteiger partial charge in [0.05, 0.1) is 0 Å². The summed E-state index contributed by atoms with van der Waals surface area (Å²) in [6.07, 6.45) is 6.78. The van der Waals surface area contributed by atoms with E-state index in [1.165, 1.54) is 25.7 Å². The Hall–Kier alpha value is -0.570. The van der Waals surface area contributed by atoms with Crippen molar-refractivity contribution in [1.82, 2.24) is 5.32 Å². The van der Waals surface area contributed by atoms with E-state index in [2.05, 4.69) is 12.2 Å². The molecule has 3 nitrogen and oxygen atoms in total. The second kappa shape index (κ2) is 6.89. The van der Waals surface area contributed by atoms with Crippen molar-refractivity contribution in [3.63, 3.8) is 0 Å². The van der Waals surface area contributed by atoms with Gasteiger partial charge in [0.15, 0.2) is 0 Å². The second-order valence-electron chi connectivity index (χ2n) is 5.21. The molecule has 3 heteroatoms. The van der Waals surface area contributed by atoms with Crippen LogP contribution in [0.15, 0.2) is 0 Å². The van der Waals surface area contributed by atoms with Gasteiger partial charge in [-0.05, 0) is 37.6 Å². The lowest BCUT2D eigenvalue weighted by atomic mass is 9.83. The third kappa shape index (κ3) is 4.52. The van der Waals surface area contributed by atoms with Crippen molar-refractivity contribution in [2.24, 2.45) is 11.8 Å². The third-order valence-corrected chi connectivity index (χ3v) is 3.66. The lowest BCUT2D eigenvalue weighted by molar-refractivity contribution is -0.139. The maximum atomic E-state index is 11.0. The van der Waals surface area contributed by atoms with E-state index in [1.54, 1.807) is 0 Å². The molecule has 1 fully saturated rings. The van der Waals surface area contributed by atoms with Crippen LogP contribution in [-0.2, 0) is 4.79 Å². The van der Waals surface area contributed by atoms with Crippen molar-refractivity contribution in [1.29, 1.82) is 0 Å². The molecule has 2 N–H and O–H groups in total. The van der Waals surface area contributed by atoms with Gasteiger partial charge < -0.3 is 10.4 Å². The summed E-state index contributed by atoms with van der Waals surface area (Å²) in [5.74, 6) is 0.850. The summed E-state index contributed by atoms with van der Waals surface area (Å²) in [6.45, 7) is 5.21. The molecule has 0 radical (unpaired) electrons. The van der Waals surface area contributed by atoms with E-state index in [0.29, 0.717) is 5.92 Å². The molecule has 1 rings (SSSR count). The maximum Gasteiger partial charge on any atom is 0.320 e. The fourth-order valence-electron chi connectivity index (χ4n) is 2.44. The summed E-state index contributed by atoms with van der Waals surface area (Å²) in [5.41, 5.74) is 0. The van der Waals surface area contributed by atoms with Crippen LogP contribution in [0.4, 0.5) is 0 Å². The number of rotatable bonds is 6. The quantitative estimate of drug-likeness (QED) is 0.733. The van der Waals surface area contributed by atoms with Gasteiger partial charge in [0.2, 0.25) is 0 Å². The molecule has 0 aromatic rings. The van der Waals surface area contributed by atoms with Gasteiger partial charge in [0.25, 0.3) is 0 Å². The lowest BCUT2D eigenvalue weighted by Crippen LogP contribution is -2.40. The highest BCUT2D eigenvalue weighted by molar-refractivity contribution is 5.73. The number of aliphatic carboxylic acids is 1. The molecule has 0 aliphatic heterocycles. The van der Waals surface area contributed by atoms with E-state index in [9.17, 15) is 4.79 Å². The molecule has 1 atom stereocenters. The van der Waals surface area contributed by atoms with Crippen molar-refractivity contribution in [3.05, 3.63) is 0 Å². The van der Waals surface area contributed by atoms with Gasteiger partial charge >= 0.3 is 5.97 Å². The van der Waals surface area contributed by atoms with Crippen molar-refractivity contribution >= 4 is 5.97 Å². The first-order valence-electron chi connectivity index (χ1n) is 6.59. The summed E-state index contributed by atoms with van der Waals surface area (Å²) in [4.78, 5) is 11.0. The van der Waals surface area contributed by atoms with Crippen LogP contribution in [0.25, 0.3) is 0 Å². The fraction of sp³-hybridized carbons (Fsp3) is 0.923. The Bertz CT molecular complexity index is 210. The summed E-state index contributed by atoms with van der Waals surface area (Å²) in [5, 5.41) is 12.2. The van der Waals surface area contributed by atoms with Gasteiger partial charge in [-0.1, -0.05) is 33.1 Å². The van der Waals surface area contributed by atoms with Crippen molar-refractivity contribution < 1.29 is 9.90 Å². The largest absolute Gasteiger partial charge is 0.480 e. The summed E-state index contributed by atoms with van der Waals surface area (Å²) in [7, 11) is 0. The van der Waals surface area contributed by atoms with Crippen molar-refractivity contribution in [2.75, 3.05) is 6.54 Å². The highest BCUT2D eigenvalue weighted by Gasteiger charge is 2.21. The highest BCUT2D eigenvalue weighted by atomic mass is 16.4. The Morgan fingerprint density at radius 1 is 1.38 bits per heavy atom. The number of carbonyl (C=O) groups is 1. The molecule has 0 aromatic carbocycles. The summed E-state index contributed by atoms with van der Waals surface area (Å²) in [6, 6.07) is -0.343. The first-order chi connectivity index (χ1) is 7.63. The molecule has 0 heterocycles. The zero-order valence-electron chi connectivity index (χ0n) is 10.5. The number of carboxylic acid groups (broad SMARTS) is 1. The van der Waals surface area contributed by atoms with Gasteiger partial charge in [-0.25, -0.2) is 0 Å². The van der Waals surface area contributed by atoms with Crippen LogP contribution in [0.5, 0.6) is 0 Å². The van der Waals surface area contributed by atoms with Crippen molar-refractivity contribution in [2.45, 2.75) is 58.4 Å². The Labute approximate surface area is 98.6 Å². The second-order valence-corrected chi connectivity index (χ2v) is 5.21. The Morgan fingerprint density at radius 3 is 2.50 bits per heavy atom. The van der Waals surface area contributed by atoms with Gasteiger partial charge in [-0.15, -0.1) is 0 Å². The number of nitrogens with one attached hydrogen (secondary N) is 1. The average Bonchev–Trinajstić information content (AvgIpc) is 2.26. The first-order valence-corrected chi connectivity index (χ1v) is 6.59. The molecule has 0 aromatic heterocycles. The smallest absolute Gasteiger partial charge is 0.320 e. The SMILES string of the molecule is CCCC(NCC1CCC(C)CC1)C(=O)O. The van der Waals surface area contributed by atoms with Crippen LogP contribution < -0.4 is 5.32 Å². The monoisotopic (exact) mass is 227 g/mol. The maximum absolute atomic E-state index is 11.0. The minimum Gasteiger partial charge on any atom is -0.480 e. The molecule has 0 spiro atoms. The van der Waals surface area contributed by atoms with E-state index in [-0.39, 0.29) is 6.04 Å². The normalized spacial score (nSPS) is 27.6. The third-order valence-electron chi connectivity index (χ3n) is 3.66. The van der Waals surface area contributed by atoms with Crippen molar-refractivity contribution in [3.8, 4) is 0 Å².